The summed E-state index contributed by atoms with van der Waals surface area (Å²) in [4.78, 5) is 13.8. The number of rotatable bonds is 5. The van der Waals surface area contributed by atoms with Gasteiger partial charge in [-0.3, -0.25) is 4.79 Å². The molecule has 0 aromatic heterocycles. The molecule has 0 bridgehead atoms. The summed E-state index contributed by atoms with van der Waals surface area (Å²) < 4.78 is 0. The second-order valence-corrected chi connectivity index (χ2v) is 5.54. The summed E-state index contributed by atoms with van der Waals surface area (Å²) >= 11 is 0. The second kappa shape index (κ2) is 6.60. The average Bonchev–Trinajstić information content (AvgIpc) is 2.93. The minimum Gasteiger partial charge on any atom is -0.385 e. The number of likely N-dealkylation sites (tertiary alicyclic amines) is 1. The van der Waals surface area contributed by atoms with E-state index >= 15 is 0 Å². The lowest BCUT2D eigenvalue weighted by atomic mass is 10.0. The Morgan fingerprint density at radius 1 is 1.21 bits per heavy atom. The molecule has 0 spiro atoms. The molecule has 1 fully saturated rings. The Kier molecular flexibility index (Phi) is 4.83. The molecule has 1 aromatic carbocycles. The van der Waals surface area contributed by atoms with Crippen molar-refractivity contribution in [3.05, 3.63) is 29.8 Å². The second-order valence-electron chi connectivity index (χ2n) is 5.54. The van der Waals surface area contributed by atoms with Crippen molar-refractivity contribution in [1.29, 1.82) is 0 Å². The Bertz CT molecular complexity index is 405. The zero-order valence-electron chi connectivity index (χ0n) is 12.0. The summed E-state index contributed by atoms with van der Waals surface area (Å²) in [6.07, 6.45) is 2.91. The van der Waals surface area contributed by atoms with Crippen LogP contribution in [0.4, 0.5) is 5.69 Å². The predicted molar refractivity (Wildman–Crippen MR) is 79.5 cm³/mol. The van der Waals surface area contributed by atoms with Crippen molar-refractivity contribution < 1.29 is 4.79 Å². The highest BCUT2D eigenvalue weighted by atomic mass is 16.2. The molecule has 0 saturated carbocycles. The summed E-state index contributed by atoms with van der Waals surface area (Å²) in [6, 6.07) is 8.48. The minimum absolute atomic E-state index is 0.281. The summed E-state index contributed by atoms with van der Waals surface area (Å²) in [5, 5.41) is 3.32. The number of amides is 1. The van der Waals surface area contributed by atoms with Crippen molar-refractivity contribution >= 4 is 11.6 Å². The predicted octanol–water partition coefficient (Wildman–Crippen LogP) is 3.23. The number of benzene rings is 1. The molecule has 1 saturated heterocycles. The highest BCUT2D eigenvalue weighted by Crippen LogP contribution is 2.17. The van der Waals surface area contributed by atoms with Gasteiger partial charge in [0.05, 0.1) is 0 Å². The summed E-state index contributed by atoms with van der Waals surface area (Å²) in [7, 11) is 0. The minimum atomic E-state index is 0.281. The van der Waals surface area contributed by atoms with Gasteiger partial charge < -0.3 is 10.2 Å². The molecule has 1 N–H and O–H groups in total. The van der Waals surface area contributed by atoms with Crippen LogP contribution in [0.25, 0.3) is 0 Å². The number of hydrogen-bond acceptors (Lipinski definition) is 2. The first kappa shape index (κ1) is 13.9. The molecule has 0 unspecified atom stereocenters. The third-order valence-corrected chi connectivity index (χ3v) is 3.70. The van der Waals surface area contributed by atoms with E-state index in [1.165, 1.54) is 5.56 Å². The van der Waals surface area contributed by atoms with Gasteiger partial charge in [0.2, 0.25) is 5.91 Å². The van der Waals surface area contributed by atoms with Crippen molar-refractivity contribution in [3.63, 3.8) is 0 Å². The van der Waals surface area contributed by atoms with Gasteiger partial charge in [-0.05, 0) is 36.5 Å². The van der Waals surface area contributed by atoms with Crippen LogP contribution in [0.3, 0.4) is 0 Å². The molecule has 19 heavy (non-hydrogen) atoms. The van der Waals surface area contributed by atoms with Crippen molar-refractivity contribution in [2.24, 2.45) is 0 Å². The first-order valence-corrected chi connectivity index (χ1v) is 7.28. The van der Waals surface area contributed by atoms with Gasteiger partial charge in [-0.25, -0.2) is 0 Å². The van der Waals surface area contributed by atoms with Crippen LogP contribution in [-0.2, 0) is 4.79 Å². The largest absolute Gasteiger partial charge is 0.385 e. The highest BCUT2D eigenvalue weighted by Gasteiger charge is 2.16. The molecule has 0 aliphatic carbocycles. The quantitative estimate of drug-likeness (QED) is 0.881. The first-order chi connectivity index (χ1) is 9.16. The van der Waals surface area contributed by atoms with Gasteiger partial charge in [0.25, 0.3) is 0 Å². The van der Waals surface area contributed by atoms with Gasteiger partial charge in [-0.1, -0.05) is 26.0 Å². The molecule has 0 atom stereocenters. The fraction of sp³-hybridized carbons (Fsp3) is 0.562. The smallest absolute Gasteiger partial charge is 0.224 e. The maximum atomic E-state index is 11.9. The lowest BCUT2D eigenvalue weighted by Gasteiger charge is -2.15. The van der Waals surface area contributed by atoms with E-state index in [-0.39, 0.29) is 5.91 Å². The molecule has 0 radical (unpaired) electrons. The van der Waals surface area contributed by atoms with Gasteiger partial charge >= 0.3 is 0 Å². The number of anilines is 1. The Morgan fingerprint density at radius 2 is 1.84 bits per heavy atom. The van der Waals surface area contributed by atoms with Crippen molar-refractivity contribution in [1.82, 2.24) is 4.90 Å². The molecule has 3 nitrogen and oxygen atoms in total. The number of carbonyl (C=O) groups is 1. The van der Waals surface area contributed by atoms with E-state index in [1.54, 1.807) is 0 Å². The maximum absolute atomic E-state index is 11.9. The van der Waals surface area contributed by atoms with Crippen LogP contribution >= 0.6 is 0 Å². The van der Waals surface area contributed by atoms with Crippen LogP contribution in [-0.4, -0.2) is 30.4 Å². The Morgan fingerprint density at radius 3 is 2.42 bits per heavy atom. The lowest BCUT2D eigenvalue weighted by Crippen LogP contribution is -2.29. The van der Waals surface area contributed by atoms with Crippen LogP contribution in [0.5, 0.6) is 0 Å². The number of nitrogens with zero attached hydrogens (tertiary/aromatic N) is 1. The molecule has 1 aromatic rings. The van der Waals surface area contributed by atoms with E-state index in [4.69, 9.17) is 0 Å². The number of hydrogen-bond donors (Lipinski definition) is 1. The molecule has 104 valence electrons. The summed E-state index contributed by atoms with van der Waals surface area (Å²) in [5.41, 5.74) is 2.44. The highest BCUT2D eigenvalue weighted by molar-refractivity contribution is 5.77. The van der Waals surface area contributed by atoms with Crippen LogP contribution in [0.2, 0.25) is 0 Å². The third kappa shape index (κ3) is 3.98. The van der Waals surface area contributed by atoms with Crippen molar-refractivity contribution in [3.8, 4) is 0 Å². The van der Waals surface area contributed by atoms with Gasteiger partial charge in [0.15, 0.2) is 0 Å². The molecule has 1 heterocycles. The van der Waals surface area contributed by atoms with Gasteiger partial charge in [0.1, 0.15) is 0 Å². The fourth-order valence-electron chi connectivity index (χ4n) is 2.42. The van der Waals surface area contributed by atoms with E-state index in [0.717, 1.165) is 38.2 Å². The zero-order valence-corrected chi connectivity index (χ0v) is 12.0. The van der Waals surface area contributed by atoms with Crippen LogP contribution in [0.1, 0.15) is 44.6 Å². The van der Waals surface area contributed by atoms with E-state index in [1.807, 2.05) is 4.90 Å². The van der Waals surface area contributed by atoms with E-state index in [9.17, 15) is 4.79 Å². The van der Waals surface area contributed by atoms with Crippen LogP contribution in [0.15, 0.2) is 24.3 Å². The monoisotopic (exact) mass is 260 g/mol. The Balaban J connectivity index is 1.74. The number of carbonyl (C=O) groups excluding carboxylic acids is 1. The first-order valence-electron chi connectivity index (χ1n) is 7.28. The van der Waals surface area contributed by atoms with Crippen molar-refractivity contribution in [2.75, 3.05) is 25.0 Å². The fourth-order valence-corrected chi connectivity index (χ4v) is 2.42. The topological polar surface area (TPSA) is 32.3 Å². The Hall–Kier alpha value is -1.51. The molecule has 3 heteroatoms. The maximum Gasteiger partial charge on any atom is 0.224 e. The molecule has 1 aliphatic heterocycles. The zero-order chi connectivity index (χ0) is 13.7. The molecular formula is C16H24N2O. The summed E-state index contributed by atoms with van der Waals surface area (Å²) in [5.74, 6) is 0.842. The summed E-state index contributed by atoms with van der Waals surface area (Å²) in [6.45, 7) is 6.99. The van der Waals surface area contributed by atoms with Crippen LogP contribution in [0, 0.1) is 0 Å². The molecule has 1 aliphatic rings. The van der Waals surface area contributed by atoms with E-state index in [2.05, 4.69) is 43.4 Å². The van der Waals surface area contributed by atoms with Crippen LogP contribution < -0.4 is 5.32 Å². The van der Waals surface area contributed by atoms with Crippen molar-refractivity contribution in [2.45, 2.75) is 39.0 Å². The third-order valence-electron chi connectivity index (χ3n) is 3.70. The average molecular weight is 260 g/mol. The standard InChI is InChI=1S/C16H24N2O/c1-13(2)14-5-7-15(8-6-14)17-10-9-16(19)18-11-3-4-12-18/h5-8,13,17H,3-4,9-12H2,1-2H3. The SMILES string of the molecule is CC(C)c1ccc(NCCC(=O)N2CCCC2)cc1. The number of nitrogens with one attached hydrogen (secondary N) is 1. The van der Waals surface area contributed by atoms with E-state index in [0.29, 0.717) is 12.3 Å². The normalized spacial score (nSPS) is 15.0. The lowest BCUT2D eigenvalue weighted by molar-refractivity contribution is -0.129. The van der Waals surface area contributed by atoms with Gasteiger partial charge in [-0.15, -0.1) is 0 Å². The molecular weight excluding hydrogens is 236 g/mol. The van der Waals surface area contributed by atoms with Gasteiger partial charge in [-0.2, -0.15) is 0 Å². The Labute approximate surface area is 116 Å². The molecule has 1 amide bonds. The molecule has 2 rings (SSSR count). The van der Waals surface area contributed by atoms with E-state index < -0.39 is 0 Å². The van der Waals surface area contributed by atoms with Gasteiger partial charge in [0, 0.05) is 31.7 Å².